The topological polar surface area (TPSA) is 71.5 Å². The van der Waals surface area contributed by atoms with Crippen LogP contribution in [0.1, 0.15) is 44.4 Å². The van der Waals surface area contributed by atoms with Gasteiger partial charge in [0, 0.05) is 43.5 Å². The Bertz CT molecular complexity index is 1180. The summed E-state index contributed by atoms with van der Waals surface area (Å²) in [6.45, 7) is 3.44. The second-order valence-electron chi connectivity index (χ2n) is 8.25. The second-order valence-corrected chi connectivity index (χ2v) is 9.09. The van der Waals surface area contributed by atoms with Gasteiger partial charge in [0.1, 0.15) is 0 Å². The number of aryl methyl sites for hydroxylation is 1. The number of amides is 2. The van der Waals surface area contributed by atoms with Gasteiger partial charge >= 0.3 is 0 Å². The number of carbonyl (C=O) groups excluding carboxylic acids is 2. The van der Waals surface area contributed by atoms with Crippen LogP contribution in [0.4, 0.5) is 0 Å². The molecule has 7 heteroatoms. The molecule has 1 aromatic heterocycles. The third-order valence-electron chi connectivity index (χ3n) is 6.25. The van der Waals surface area contributed by atoms with Crippen LogP contribution >= 0.6 is 11.8 Å². The Morgan fingerprint density at radius 1 is 1.15 bits per heavy atom. The highest BCUT2D eigenvalue weighted by Crippen LogP contribution is 2.28. The largest absolute Gasteiger partial charge is 0.367 e. The van der Waals surface area contributed by atoms with E-state index in [9.17, 15) is 9.59 Å². The molecule has 0 radical (unpaired) electrons. The van der Waals surface area contributed by atoms with Crippen molar-refractivity contribution >= 4 is 23.6 Å². The Labute approximate surface area is 204 Å². The highest BCUT2D eigenvalue weighted by molar-refractivity contribution is 7.98. The van der Waals surface area contributed by atoms with Gasteiger partial charge in [-0.25, -0.2) is 0 Å². The van der Waals surface area contributed by atoms with Gasteiger partial charge in [0.2, 0.25) is 0 Å². The summed E-state index contributed by atoms with van der Waals surface area (Å²) in [6, 6.07) is 17.2. The predicted octanol–water partition coefficient (Wildman–Crippen LogP) is 4.31. The van der Waals surface area contributed by atoms with E-state index in [2.05, 4.69) is 10.3 Å². The fourth-order valence-corrected chi connectivity index (χ4v) is 5.01. The van der Waals surface area contributed by atoms with E-state index in [1.807, 2.05) is 78.9 Å². The van der Waals surface area contributed by atoms with Gasteiger partial charge in [-0.2, -0.15) is 0 Å². The monoisotopic (exact) mass is 475 g/mol. The van der Waals surface area contributed by atoms with Gasteiger partial charge in [0.15, 0.2) is 6.10 Å². The minimum atomic E-state index is -0.628. The minimum Gasteiger partial charge on any atom is -0.367 e. The lowest BCUT2D eigenvalue weighted by atomic mass is 9.94. The number of hydrogen-bond donors (Lipinski definition) is 1. The molecule has 4 rings (SSSR count). The number of benzene rings is 2. The zero-order chi connectivity index (χ0) is 24.1. The van der Waals surface area contributed by atoms with Crippen LogP contribution in [0.15, 0.2) is 65.7 Å². The highest BCUT2D eigenvalue weighted by atomic mass is 32.2. The van der Waals surface area contributed by atoms with Crippen molar-refractivity contribution in [2.45, 2.75) is 37.4 Å². The molecule has 1 aliphatic heterocycles. The Balaban J connectivity index is 1.50. The van der Waals surface area contributed by atoms with Gasteiger partial charge < -0.3 is 15.0 Å². The molecule has 0 fully saturated rings. The van der Waals surface area contributed by atoms with Crippen molar-refractivity contribution in [1.82, 2.24) is 15.2 Å². The van der Waals surface area contributed by atoms with E-state index >= 15 is 0 Å². The van der Waals surface area contributed by atoms with E-state index < -0.39 is 6.10 Å². The number of pyridine rings is 1. The van der Waals surface area contributed by atoms with Crippen LogP contribution in [0.25, 0.3) is 0 Å². The molecule has 0 spiro atoms. The third kappa shape index (κ3) is 5.00. The molecular formula is C27H29N3O3S. The first-order chi connectivity index (χ1) is 16.5. The number of hydrogen-bond acceptors (Lipinski definition) is 5. The molecule has 1 aliphatic rings. The predicted molar refractivity (Wildman–Crippen MR) is 134 cm³/mol. The van der Waals surface area contributed by atoms with E-state index in [4.69, 9.17) is 4.74 Å². The summed E-state index contributed by atoms with van der Waals surface area (Å²) >= 11 is 1.56. The van der Waals surface area contributed by atoms with Crippen molar-refractivity contribution < 1.29 is 14.3 Å². The van der Waals surface area contributed by atoms with Crippen LogP contribution in [-0.4, -0.2) is 41.6 Å². The molecule has 0 saturated carbocycles. The lowest BCUT2D eigenvalue weighted by molar-refractivity contribution is -0.143. The van der Waals surface area contributed by atoms with Gasteiger partial charge in [-0.15, -0.1) is 11.8 Å². The Morgan fingerprint density at radius 2 is 1.88 bits per heavy atom. The molecule has 3 aromatic rings. The molecule has 2 heterocycles. The standard InChI is InChI=1S/C27H29N3O3S/c1-18-23(16-29-26(31)22-11-7-8-12-24(22)34-3)21-13-14-30(17-20(21)15-28-18)27(32)25(33-2)19-9-5-4-6-10-19/h4-12,15,25H,13-14,16-17H2,1-3H3,(H,29,31)/t25-/m0/s1. The maximum atomic E-state index is 13.2. The first-order valence-corrected chi connectivity index (χ1v) is 12.5. The third-order valence-corrected chi connectivity index (χ3v) is 7.04. The van der Waals surface area contributed by atoms with Crippen LogP contribution in [0.3, 0.4) is 0 Å². The molecule has 1 atom stereocenters. The highest BCUT2D eigenvalue weighted by Gasteiger charge is 2.30. The first-order valence-electron chi connectivity index (χ1n) is 11.3. The van der Waals surface area contributed by atoms with Crippen molar-refractivity contribution in [3.63, 3.8) is 0 Å². The molecule has 176 valence electrons. The lowest BCUT2D eigenvalue weighted by Gasteiger charge is -2.32. The number of fused-ring (bicyclic) bond motifs is 1. The summed E-state index contributed by atoms with van der Waals surface area (Å²) in [5.41, 5.74) is 5.64. The molecule has 0 saturated heterocycles. The zero-order valence-corrected chi connectivity index (χ0v) is 20.5. The number of aromatic nitrogens is 1. The van der Waals surface area contributed by atoms with E-state index in [0.717, 1.165) is 27.3 Å². The van der Waals surface area contributed by atoms with Crippen molar-refractivity contribution in [1.29, 1.82) is 0 Å². The number of ether oxygens (including phenoxy) is 1. The van der Waals surface area contributed by atoms with E-state index in [0.29, 0.717) is 31.6 Å². The van der Waals surface area contributed by atoms with Gasteiger partial charge in [-0.1, -0.05) is 42.5 Å². The zero-order valence-electron chi connectivity index (χ0n) is 19.7. The quantitative estimate of drug-likeness (QED) is 0.516. The summed E-state index contributed by atoms with van der Waals surface area (Å²) < 4.78 is 5.55. The van der Waals surface area contributed by atoms with E-state index in [-0.39, 0.29) is 11.8 Å². The molecular weight excluding hydrogens is 446 g/mol. The number of methoxy groups -OCH3 is 1. The van der Waals surface area contributed by atoms with Crippen LogP contribution in [-0.2, 0) is 29.0 Å². The maximum absolute atomic E-state index is 13.2. The van der Waals surface area contributed by atoms with Crippen LogP contribution < -0.4 is 5.32 Å². The average Bonchev–Trinajstić information content (AvgIpc) is 2.88. The molecule has 6 nitrogen and oxygen atoms in total. The van der Waals surface area contributed by atoms with Crippen molar-refractivity contribution in [3.8, 4) is 0 Å². The van der Waals surface area contributed by atoms with Crippen LogP contribution in [0.2, 0.25) is 0 Å². The Morgan fingerprint density at radius 3 is 2.62 bits per heavy atom. The Kier molecular flexibility index (Phi) is 7.65. The number of carbonyl (C=O) groups is 2. The van der Waals surface area contributed by atoms with Gasteiger partial charge in [-0.05, 0) is 54.0 Å². The fraction of sp³-hybridized carbons (Fsp3) is 0.296. The summed E-state index contributed by atoms with van der Waals surface area (Å²) in [4.78, 5) is 33.4. The van der Waals surface area contributed by atoms with Crippen LogP contribution in [0, 0.1) is 6.92 Å². The van der Waals surface area contributed by atoms with Gasteiger partial charge in [-0.3, -0.25) is 14.6 Å². The fourth-order valence-electron chi connectivity index (χ4n) is 4.41. The first kappa shape index (κ1) is 24.0. The average molecular weight is 476 g/mol. The number of nitrogens with one attached hydrogen (secondary N) is 1. The molecule has 2 amide bonds. The molecule has 34 heavy (non-hydrogen) atoms. The van der Waals surface area contributed by atoms with Gasteiger partial charge in [0.25, 0.3) is 11.8 Å². The molecule has 0 unspecified atom stereocenters. The molecule has 2 aromatic carbocycles. The summed E-state index contributed by atoms with van der Waals surface area (Å²) in [5.74, 6) is -0.149. The Hall–Kier alpha value is -3.16. The molecule has 1 N–H and O–H groups in total. The lowest BCUT2D eigenvalue weighted by Crippen LogP contribution is -2.40. The van der Waals surface area contributed by atoms with E-state index in [1.165, 1.54) is 5.56 Å². The number of nitrogens with zero attached hydrogens (tertiary/aromatic N) is 2. The maximum Gasteiger partial charge on any atom is 0.256 e. The minimum absolute atomic E-state index is 0.0524. The molecule has 0 aliphatic carbocycles. The van der Waals surface area contributed by atoms with Crippen molar-refractivity contribution in [2.24, 2.45) is 0 Å². The summed E-state index contributed by atoms with van der Waals surface area (Å²) in [7, 11) is 1.56. The smallest absolute Gasteiger partial charge is 0.256 e. The normalized spacial score (nSPS) is 13.8. The van der Waals surface area contributed by atoms with E-state index in [1.54, 1.807) is 18.9 Å². The number of thioether (sulfide) groups is 1. The van der Waals surface area contributed by atoms with Crippen molar-refractivity contribution in [2.75, 3.05) is 19.9 Å². The SMILES string of the molecule is CO[C@H](C(=O)N1CCc2c(cnc(C)c2CNC(=O)c2ccccc2SC)C1)c1ccccc1. The number of rotatable bonds is 7. The van der Waals surface area contributed by atoms with Crippen LogP contribution in [0.5, 0.6) is 0 Å². The van der Waals surface area contributed by atoms with Crippen molar-refractivity contribution in [3.05, 3.63) is 94.3 Å². The molecule has 0 bridgehead atoms. The second kappa shape index (κ2) is 10.8. The summed E-state index contributed by atoms with van der Waals surface area (Å²) in [6.07, 6.45) is 3.90. The summed E-state index contributed by atoms with van der Waals surface area (Å²) in [5, 5.41) is 3.07. The van der Waals surface area contributed by atoms with Gasteiger partial charge in [0.05, 0.1) is 5.56 Å².